The van der Waals surface area contributed by atoms with Gasteiger partial charge in [-0.25, -0.2) is 4.98 Å². The molecule has 0 saturated carbocycles. The lowest BCUT2D eigenvalue weighted by atomic mass is 10.0. The summed E-state index contributed by atoms with van der Waals surface area (Å²) in [5.41, 5.74) is 6.06. The van der Waals surface area contributed by atoms with Gasteiger partial charge >= 0.3 is 0 Å². The van der Waals surface area contributed by atoms with Crippen molar-refractivity contribution in [1.29, 1.82) is 0 Å². The Morgan fingerprint density at radius 1 is 1.14 bits per heavy atom. The number of methoxy groups -OCH3 is 1. The minimum atomic E-state index is -0.144. The standard InChI is InChI=1S/C22H24N4O2/c1-13-5-7-26-18(11-13)24-20(21(26)23-6-8-28-4)17-12-16-10-14(2)9-15(3)19(16)25-22(17)27/h5,7,9-12,23H,6,8H2,1-4H3,(H,25,27). The van der Waals surface area contributed by atoms with E-state index in [2.05, 4.69) is 29.4 Å². The normalized spacial score (nSPS) is 11.4. The lowest BCUT2D eigenvalue weighted by molar-refractivity contribution is 0.210. The Morgan fingerprint density at radius 3 is 2.75 bits per heavy atom. The zero-order chi connectivity index (χ0) is 19.8. The van der Waals surface area contributed by atoms with Crippen LogP contribution in [0.4, 0.5) is 5.82 Å². The molecule has 4 rings (SSSR count). The molecule has 4 aromatic rings. The van der Waals surface area contributed by atoms with Crippen LogP contribution in [0.2, 0.25) is 0 Å². The number of fused-ring (bicyclic) bond motifs is 2. The quantitative estimate of drug-likeness (QED) is 0.519. The molecular weight excluding hydrogens is 352 g/mol. The van der Waals surface area contributed by atoms with Crippen molar-refractivity contribution in [2.24, 2.45) is 0 Å². The third kappa shape index (κ3) is 3.16. The van der Waals surface area contributed by atoms with E-state index in [4.69, 9.17) is 9.72 Å². The number of hydrogen-bond donors (Lipinski definition) is 2. The number of hydrogen-bond acceptors (Lipinski definition) is 4. The molecule has 0 aliphatic heterocycles. The van der Waals surface area contributed by atoms with Gasteiger partial charge in [0.1, 0.15) is 17.2 Å². The Hall–Kier alpha value is -3.12. The fourth-order valence-electron chi connectivity index (χ4n) is 3.64. The molecule has 0 aliphatic rings. The summed E-state index contributed by atoms with van der Waals surface area (Å²) in [4.78, 5) is 20.8. The van der Waals surface area contributed by atoms with Gasteiger partial charge in [-0.2, -0.15) is 0 Å². The van der Waals surface area contributed by atoms with E-state index in [0.29, 0.717) is 24.4 Å². The van der Waals surface area contributed by atoms with Gasteiger partial charge in [0.25, 0.3) is 5.56 Å². The number of benzene rings is 1. The highest BCUT2D eigenvalue weighted by molar-refractivity contribution is 5.88. The van der Waals surface area contributed by atoms with Crippen LogP contribution >= 0.6 is 0 Å². The maximum Gasteiger partial charge on any atom is 0.258 e. The van der Waals surface area contributed by atoms with Crippen molar-refractivity contribution < 1.29 is 4.74 Å². The molecule has 0 saturated heterocycles. The van der Waals surface area contributed by atoms with Crippen LogP contribution in [0.5, 0.6) is 0 Å². The van der Waals surface area contributed by atoms with Crippen molar-refractivity contribution in [3.8, 4) is 11.3 Å². The van der Waals surface area contributed by atoms with Crippen molar-refractivity contribution in [3.63, 3.8) is 0 Å². The first kappa shape index (κ1) is 18.3. The molecule has 0 amide bonds. The van der Waals surface area contributed by atoms with E-state index in [1.165, 1.54) is 0 Å². The average Bonchev–Trinajstić information content (AvgIpc) is 2.99. The zero-order valence-corrected chi connectivity index (χ0v) is 16.6. The van der Waals surface area contributed by atoms with Gasteiger partial charge in [-0.05, 0) is 61.5 Å². The van der Waals surface area contributed by atoms with Crippen LogP contribution in [-0.2, 0) is 4.74 Å². The molecular formula is C22H24N4O2. The third-order valence-corrected chi connectivity index (χ3v) is 4.93. The van der Waals surface area contributed by atoms with Gasteiger partial charge < -0.3 is 15.0 Å². The second-order valence-corrected chi connectivity index (χ2v) is 7.22. The molecule has 0 radical (unpaired) electrons. The van der Waals surface area contributed by atoms with Crippen molar-refractivity contribution in [2.75, 3.05) is 25.6 Å². The maximum atomic E-state index is 12.9. The molecule has 28 heavy (non-hydrogen) atoms. The molecule has 0 atom stereocenters. The van der Waals surface area contributed by atoms with E-state index >= 15 is 0 Å². The van der Waals surface area contributed by atoms with Gasteiger partial charge in [0.15, 0.2) is 0 Å². The molecule has 2 N–H and O–H groups in total. The third-order valence-electron chi connectivity index (χ3n) is 4.93. The number of imidazole rings is 1. The van der Waals surface area contributed by atoms with Crippen molar-refractivity contribution >= 4 is 22.4 Å². The van der Waals surface area contributed by atoms with Crippen LogP contribution < -0.4 is 10.9 Å². The number of nitrogens with zero attached hydrogens (tertiary/aromatic N) is 2. The molecule has 0 spiro atoms. The van der Waals surface area contributed by atoms with E-state index in [0.717, 1.165) is 39.1 Å². The Bertz CT molecular complexity index is 1240. The monoisotopic (exact) mass is 376 g/mol. The van der Waals surface area contributed by atoms with E-state index in [1.807, 2.05) is 42.6 Å². The number of aromatic amines is 1. The van der Waals surface area contributed by atoms with Crippen molar-refractivity contribution in [3.05, 3.63) is 63.6 Å². The van der Waals surface area contributed by atoms with Crippen LogP contribution in [0, 0.1) is 20.8 Å². The SMILES string of the molecule is COCCNc1c(-c2cc3cc(C)cc(C)c3[nH]c2=O)nc2cc(C)ccn12. The van der Waals surface area contributed by atoms with E-state index in [9.17, 15) is 4.79 Å². The van der Waals surface area contributed by atoms with Gasteiger partial charge in [-0.3, -0.25) is 9.20 Å². The van der Waals surface area contributed by atoms with E-state index in [-0.39, 0.29) is 5.56 Å². The van der Waals surface area contributed by atoms with Crippen LogP contribution in [0.3, 0.4) is 0 Å². The first-order valence-electron chi connectivity index (χ1n) is 9.34. The maximum absolute atomic E-state index is 12.9. The minimum Gasteiger partial charge on any atom is -0.383 e. The molecule has 6 nitrogen and oxygen atoms in total. The molecule has 0 fully saturated rings. The predicted molar refractivity (Wildman–Crippen MR) is 113 cm³/mol. The van der Waals surface area contributed by atoms with Gasteiger partial charge in [0.05, 0.1) is 17.7 Å². The Balaban J connectivity index is 1.96. The number of pyridine rings is 2. The first-order valence-corrected chi connectivity index (χ1v) is 9.34. The second-order valence-electron chi connectivity index (χ2n) is 7.22. The molecule has 144 valence electrons. The minimum absolute atomic E-state index is 0.144. The largest absolute Gasteiger partial charge is 0.383 e. The van der Waals surface area contributed by atoms with Gasteiger partial charge in [-0.15, -0.1) is 0 Å². The number of aryl methyl sites for hydroxylation is 3. The highest BCUT2D eigenvalue weighted by Crippen LogP contribution is 2.29. The predicted octanol–water partition coefficient (Wildman–Crippen LogP) is 3.83. The Kier molecular flexibility index (Phi) is 4.65. The fourth-order valence-corrected chi connectivity index (χ4v) is 3.64. The fraction of sp³-hybridized carbons (Fsp3) is 0.273. The molecule has 0 aliphatic carbocycles. The lowest BCUT2D eigenvalue weighted by Gasteiger charge is -2.10. The van der Waals surface area contributed by atoms with E-state index < -0.39 is 0 Å². The number of nitrogens with one attached hydrogen (secondary N) is 2. The van der Waals surface area contributed by atoms with Crippen LogP contribution in [0.15, 0.2) is 41.3 Å². The van der Waals surface area contributed by atoms with Crippen LogP contribution in [0.25, 0.3) is 27.8 Å². The molecule has 6 heteroatoms. The highest BCUT2D eigenvalue weighted by atomic mass is 16.5. The Labute approximate surface area is 163 Å². The second kappa shape index (κ2) is 7.13. The van der Waals surface area contributed by atoms with Gasteiger partial charge in [0.2, 0.25) is 0 Å². The number of rotatable bonds is 5. The summed E-state index contributed by atoms with van der Waals surface area (Å²) in [6.45, 7) is 7.28. The first-order chi connectivity index (χ1) is 13.5. The summed E-state index contributed by atoms with van der Waals surface area (Å²) in [5, 5.41) is 4.38. The summed E-state index contributed by atoms with van der Waals surface area (Å²) in [6, 6.07) is 10.1. The number of H-pyrrole nitrogens is 1. The topological polar surface area (TPSA) is 71.4 Å². The summed E-state index contributed by atoms with van der Waals surface area (Å²) in [5.74, 6) is 0.793. The van der Waals surface area contributed by atoms with Gasteiger partial charge in [-0.1, -0.05) is 11.6 Å². The van der Waals surface area contributed by atoms with Crippen LogP contribution in [0.1, 0.15) is 16.7 Å². The van der Waals surface area contributed by atoms with Crippen molar-refractivity contribution in [1.82, 2.24) is 14.4 Å². The number of anilines is 1. The van der Waals surface area contributed by atoms with Crippen LogP contribution in [-0.4, -0.2) is 34.6 Å². The Morgan fingerprint density at radius 2 is 1.96 bits per heavy atom. The number of ether oxygens (including phenoxy) is 1. The summed E-state index contributed by atoms with van der Waals surface area (Å²) in [7, 11) is 1.67. The molecule has 0 bridgehead atoms. The summed E-state index contributed by atoms with van der Waals surface area (Å²) >= 11 is 0. The highest BCUT2D eigenvalue weighted by Gasteiger charge is 2.18. The average molecular weight is 376 g/mol. The summed E-state index contributed by atoms with van der Waals surface area (Å²) in [6.07, 6.45) is 1.97. The van der Waals surface area contributed by atoms with Crippen molar-refractivity contribution in [2.45, 2.75) is 20.8 Å². The molecule has 1 aromatic carbocycles. The molecule has 3 aromatic heterocycles. The number of aromatic nitrogens is 3. The van der Waals surface area contributed by atoms with Gasteiger partial charge in [0, 0.05) is 19.9 Å². The lowest BCUT2D eigenvalue weighted by Crippen LogP contribution is -2.13. The zero-order valence-electron chi connectivity index (χ0n) is 16.6. The van der Waals surface area contributed by atoms with E-state index in [1.54, 1.807) is 7.11 Å². The molecule has 3 heterocycles. The summed E-state index contributed by atoms with van der Waals surface area (Å²) < 4.78 is 7.14. The molecule has 0 unspecified atom stereocenters. The smallest absolute Gasteiger partial charge is 0.258 e.